The summed E-state index contributed by atoms with van der Waals surface area (Å²) in [6, 6.07) is 7.30. The van der Waals surface area contributed by atoms with Crippen LogP contribution in [0.4, 0.5) is 0 Å². The van der Waals surface area contributed by atoms with Gasteiger partial charge in [0, 0.05) is 19.1 Å². The van der Waals surface area contributed by atoms with Crippen molar-refractivity contribution in [3.63, 3.8) is 0 Å². The maximum absolute atomic E-state index is 12.0. The van der Waals surface area contributed by atoms with Crippen LogP contribution < -0.4 is 5.32 Å². The Morgan fingerprint density at radius 1 is 1.59 bits per heavy atom. The molecular weight excluding hydrogens is 216 g/mol. The number of likely N-dealkylation sites (tertiary alicyclic amines) is 1. The van der Waals surface area contributed by atoms with E-state index in [0.717, 1.165) is 25.1 Å². The van der Waals surface area contributed by atoms with E-state index in [0.29, 0.717) is 12.5 Å². The molecule has 1 amide bonds. The lowest BCUT2D eigenvalue weighted by Crippen LogP contribution is -2.34. The molecule has 0 spiro atoms. The Morgan fingerprint density at radius 2 is 2.41 bits per heavy atom. The lowest BCUT2D eigenvalue weighted by Gasteiger charge is -2.16. The van der Waals surface area contributed by atoms with Gasteiger partial charge in [-0.2, -0.15) is 0 Å². The van der Waals surface area contributed by atoms with Gasteiger partial charge in [0.15, 0.2) is 0 Å². The van der Waals surface area contributed by atoms with Crippen molar-refractivity contribution in [3.8, 4) is 5.75 Å². The Bertz CT molecular complexity index is 406. The van der Waals surface area contributed by atoms with Crippen molar-refractivity contribution in [2.45, 2.75) is 18.9 Å². The number of benzene rings is 1. The molecule has 0 saturated carbocycles. The number of phenols is 1. The van der Waals surface area contributed by atoms with Crippen LogP contribution in [0.5, 0.6) is 5.75 Å². The van der Waals surface area contributed by atoms with E-state index in [2.05, 4.69) is 5.32 Å². The first-order chi connectivity index (χ1) is 8.19. The molecule has 4 heteroatoms. The van der Waals surface area contributed by atoms with Crippen LogP contribution in [0.2, 0.25) is 0 Å². The largest absolute Gasteiger partial charge is 0.508 e. The molecule has 92 valence electrons. The quantitative estimate of drug-likeness (QED) is 0.811. The number of carbonyl (C=O) groups is 1. The fraction of sp³-hybridized carbons (Fsp3) is 0.462. The van der Waals surface area contributed by atoms with Crippen LogP contribution in [0.1, 0.15) is 12.0 Å². The number of hydrogen-bond acceptors (Lipinski definition) is 3. The Hall–Kier alpha value is -1.55. The molecule has 1 saturated heterocycles. The Balaban J connectivity index is 1.93. The lowest BCUT2D eigenvalue weighted by molar-refractivity contribution is -0.129. The minimum absolute atomic E-state index is 0.133. The summed E-state index contributed by atoms with van der Waals surface area (Å²) in [7, 11) is 1.92. The highest BCUT2D eigenvalue weighted by Crippen LogP contribution is 2.14. The van der Waals surface area contributed by atoms with E-state index in [1.54, 1.807) is 18.2 Å². The second-order valence-corrected chi connectivity index (χ2v) is 4.46. The maximum atomic E-state index is 12.0. The molecule has 1 fully saturated rings. The SMILES string of the molecule is CNC1CCN(C(=O)Cc2cccc(O)c2)C1. The number of carbonyl (C=O) groups excluding carboxylic acids is 1. The van der Waals surface area contributed by atoms with Gasteiger partial charge in [0.05, 0.1) is 6.42 Å². The average molecular weight is 234 g/mol. The molecule has 4 nitrogen and oxygen atoms in total. The van der Waals surface area contributed by atoms with E-state index in [-0.39, 0.29) is 11.7 Å². The van der Waals surface area contributed by atoms with E-state index in [4.69, 9.17) is 0 Å². The smallest absolute Gasteiger partial charge is 0.227 e. The molecule has 2 N–H and O–H groups in total. The topological polar surface area (TPSA) is 52.6 Å². The Labute approximate surface area is 101 Å². The third kappa shape index (κ3) is 2.97. The number of aromatic hydroxyl groups is 1. The van der Waals surface area contributed by atoms with Crippen LogP contribution in [-0.2, 0) is 11.2 Å². The number of amides is 1. The van der Waals surface area contributed by atoms with Crippen LogP contribution in [0.15, 0.2) is 24.3 Å². The van der Waals surface area contributed by atoms with E-state index < -0.39 is 0 Å². The van der Waals surface area contributed by atoms with E-state index >= 15 is 0 Å². The summed E-state index contributed by atoms with van der Waals surface area (Å²) in [6.45, 7) is 1.61. The fourth-order valence-electron chi connectivity index (χ4n) is 2.18. The highest BCUT2D eigenvalue weighted by atomic mass is 16.3. The second kappa shape index (κ2) is 5.19. The minimum atomic E-state index is 0.133. The highest BCUT2D eigenvalue weighted by Gasteiger charge is 2.24. The molecule has 2 rings (SSSR count). The summed E-state index contributed by atoms with van der Waals surface area (Å²) in [6.07, 6.45) is 1.38. The molecule has 0 bridgehead atoms. The molecule has 0 aromatic heterocycles. The molecule has 1 atom stereocenters. The zero-order valence-corrected chi connectivity index (χ0v) is 10.0. The van der Waals surface area contributed by atoms with Gasteiger partial charge in [-0.05, 0) is 31.2 Å². The number of hydrogen-bond donors (Lipinski definition) is 2. The van der Waals surface area contributed by atoms with Gasteiger partial charge in [-0.15, -0.1) is 0 Å². The zero-order chi connectivity index (χ0) is 12.3. The van der Waals surface area contributed by atoms with Gasteiger partial charge in [-0.3, -0.25) is 4.79 Å². The minimum Gasteiger partial charge on any atom is -0.508 e. The standard InChI is InChI=1S/C13H18N2O2/c1-14-11-5-6-15(9-11)13(17)8-10-3-2-4-12(16)7-10/h2-4,7,11,14,16H,5-6,8-9H2,1H3. The summed E-state index contributed by atoms with van der Waals surface area (Å²) in [4.78, 5) is 13.9. The summed E-state index contributed by atoms with van der Waals surface area (Å²) in [5.74, 6) is 0.346. The third-order valence-corrected chi connectivity index (χ3v) is 3.22. The second-order valence-electron chi connectivity index (χ2n) is 4.46. The van der Waals surface area contributed by atoms with Crippen LogP contribution in [0.3, 0.4) is 0 Å². The van der Waals surface area contributed by atoms with Gasteiger partial charge in [0.1, 0.15) is 5.75 Å². The van der Waals surface area contributed by atoms with Crippen LogP contribution in [0, 0.1) is 0 Å². The van der Waals surface area contributed by atoms with Crippen molar-refractivity contribution >= 4 is 5.91 Å². The molecular formula is C13H18N2O2. The van der Waals surface area contributed by atoms with E-state index in [9.17, 15) is 9.90 Å². The first-order valence-corrected chi connectivity index (χ1v) is 5.92. The molecule has 1 aromatic rings. The summed E-state index contributed by atoms with van der Waals surface area (Å²) in [5.41, 5.74) is 0.864. The molecule has 0 aliphatic carbocycles. The number of phenolic OH excluding ortho intramolecular Hbond substituents is 1. The molecule has 1 aliphatic rings. The average Bonchev–Trinajstić information content (AvgIpc) is 2.77. The zero-order valence-electron chi connectivity index (χ0n) is 10.0. The number of rotatable bonds is 3. The number of nitrogens with one attached hydrogen (secondary N) is 1. The van der Waals surface area contributed by atoms with Gasteiger partial charge >= 0.3 is 0 Å². The summed E-state index contributed by atoms with van der Waals surface area (Å²) in [5, 5.41) is 12.5. The summed E-state index contributed by atoms with van der Waals surface area (Å²) >= 11 is 0. The van der Waals surface area contributed by atoms with Gasteiger partial charge in [0.2, 0.25) is 5.91 Å². The van der Waals surface area contributed by atoms with Crippen molar-refractivity contribution in [1.29, 1.82) is 0 Å². The molecule has 1 unspecified atom stereocenters. The Morgan fingerprint density at radius 3 is 3.06 bits per heavy atom. The normalized spacial score (nSPS) is 19.6. The van der Waals surface area contributed by atoms with Crippen molar-refractivity contribution < 1.29 is 9.90 Å². The molecule has 1 heterocycles. The first-order valence-electron chi connectivity index (χ1n) is 5.92. The van der Waals surface area contributed by atoms with Gasteiger partial charge in [-0.1, -0.05) is 12.1 Å². The van der Waals surface area contributed by atoms with E-state index in [1.807, 2.05) is 18.0 Å². The maximum Gasteiger partial charge on any atom is 0.227 e. The first kappa shape index (κ1) is 11.9. The van der Waals surface area contributed by atoms with Gasteiger partial charge in [0.25, 0.3) is 0 Å². The third-order valence-electron chi connectivity index (χ3n) is 3.22. The summed E-state index contributed by atoms with van der Waals surface area (Å²) < 4.78 is 0. The van der Waals surface area contributed by atoms with Gasteiger partial charge in [-0.25, -0.2) is 0 Å². The fourth-order valence-corrected chi connectivity index (χ4v) is 2.18. The molecule has 1 aromatic carbocycles. The Kier molecular flexibility index (Phi) is 3.64. The van der Waals surface area contributed by atoms with Crippen molar-refractivity contribution in [3.05, 3.63) is 29.8 Å². The molecule has 0 radical (unpaired) electrons. The molecule has 17 heavy (non-hydrogen) atoms. The van der Waals surface area contributed by atoms with Crippen LogP contribution in [0.25, 0.3) is 0 Å². The predicted molar refractivity (Wildman–Crippen MR) is 65.9 cm³/mol. The van der Waals surface area contributed by atoms with Crippen molar-refractivity contribution in [2.24, 2.45) is 0 Å². The monoisotopic (exact) mass is 234 g/mol. The van der Waals surface area contributed by atoms with Gasteiger partial charge < -0.3 is 15.3 Å². The van der Waals surface area contributed by atoms with E-state index in [1.165, 1.54) is 0 Å². The predicted octanol–water partition coefficient (Wildman–Crippen LogP) is 0.755. The van der Waals surface area contributed by atoms with Crippen molar-refractivity contribution in [2.75, 3.05) is 20.1 Å². The highest BCUT2D eigenvalue weighted by molar-refractivity contribution is 5.79. The number of nitrogens with zero attached hydrogens (tertiary/aromatic N) is 1. The van der Waals surface area contributed by atoms with Crippen molar-refractivity contribution in [1.82, 2.24) is 10.2 Å². The lowest BCUT2D eigenvalue weighted by atomic mass is 10.1. The van der Waals surface area contributed by atoms with Crippen LogP contribution >= 0.6 is 0 Å². The van der Waals surface area contributed by atoms with Crippen LogP contribution in [-0.4, -0.2) is 42.1 Å². The number of likely N-dealkylation sites (N-methyl/N-ethyl adjacent to an activating group) is 1. The molecule has 1 aliphatic heterocycles.